The lowest BCUT2D eigenvalue weighted by Gasteiger charge is -2.12. The maximum atomic E-state index is 14.2. The summed E-state index contributed by atoms with van der Waals surface area (Å²) in [5, 5.41) is 4.73. The quantitative estimate of drug-likeness (QED) is 0.505. The van der Waals surface area contributed by atoms with Crippen molar-refractivity contribution in [1.29, 1.82) is 0 Å². The molecule has 1 N–H and O–H groups in total. The Labute approximate surface area is 155 Å². The molecule has 0 amide bonds. The second kappa shape index (κ2) is 7.10. The highest BCUT2D eigenvalue weighted by Crippen LogP contribution is 2.28. The van der Waals surface area contributed by atoms with E-state index in [0.717, 1.165) is 10.9 Å². The first-order chi connectivity index (χ1) is 12.7. The maximum Gasteiger partial charge on any atom is 0.165 e. The van der Waals surface area contributed by atoms with Gasteiger partial charge in [0.15, 0.2) is 5.82 Å². The van der Waals surface area contributed by atoms with Crippen molar-refractivity contribution >= 4 is 28.3 Å². The van der Waals surface area contributed by atoms with Crippen molar-refractivity contribution in [2.24, 2.45) is 0 Å². The molecular formula is C21H15ClFN3. The SMILES string of the molecule is Fc1ccccc1-c1nc(NCc2ccccc2)c2cc(Cl)ccc2n1. The molecule has 4 aromatic rings. The summed E-state index contributed by atoms with van der Waals surface area (Å²) in [5.74, 6) is 0.614. The van der Waals surface area contributed by atoms with Gasteiger partial charge in [-0.1, -0.05) is 54.1 Å². The molecule has 0 radical (unpaired) electrons. The van der Waals surface area contributed by atoms with E-state index >= 15 is 0 Å². The van der Waals surface area contributed by atoms with Gasteiger partial charge < -0.3 is 5.32 Å². The minimum Gasteiger partial charge on any atom is -0.365 e. The number of hydrogen-bond acceptors (Lipinski definition) is 3. The van der Waals surface area contributed by atoms with E-state index in [1.165, 1.54) is 6.07 Å². The Bertz CT molecular complexity index is 1070. The van der Waals surface area contributed by atoms with Gasteiger partial charge in [-0.2, -0.15) is 0 Å². The molecule has 26 heavy (non-hydrogen) atoms. The number of halogens is 2. The van der Waals surface area contributed by atoms with Gasteiger partial charge in [-0.25, -0.2) is 14.4 Å². The molecule has 0 spiro atoms. The van der Waals surface area contributed by atoms with Gasteiger partial charge in [0, 0.05) is 17.0 Å². The van der Waals surface area contributed by atoms with Crippen LogP contribution in [-0.4, -0.2) is 9.97 Å². The number of aromatic nitrogens is 2. The van der Waals surface area contributed by atoms with Crippen LogP contribution in [0.2, 0.25) is 5.02 Å². The fourth-order valence-electron chi connectivity index (χ4n) is 2.78. The number of anilines is 1. The van der Waals surface area contributed by atoms with Crippen LogP contribution >= 0.6 is 11.6 Å². The van der Waals surface area contributed by atoms with Gasteiger partial charge in [0.25, 0.3) is 0 Å². The van der Waals surface area contributed by atoms with Crippen LogP contribution in [0.4, 0.5) is 10.2 Å². The summed E-state index contributed by atoms with van der Waals surface area (Å²) in [6, 6.07) is 21.9. The van der Waals surface area contributed by atoms with Gasteiger partial charge in [0.1, 0.15) is 11.6 Å². The van der Waals surface area contributed by atoms with E-state index < -0.39 is 0 Å². The lowest BCUT2D eigenvalue weighted by molar-refractivity contribution is 0.630. The Balaban J connectivity index is 1.81. The van der Waals surface area contributed by atoms with Crippen LogP contribution in [0.5, 0.6) is 0 Å². The molecule has 0 saturated heterocycles. The molecule has 0 fully saturated rings. The van der Waals surface area contributed by atoms with E-state index in [1.54, 1.807) is 24.3 Å². The molecule has 4 rings (SSSR count). The van der Waals surface area contributed by atoms with Crippen LogP contribution in [0.3, 0.4) is 0 Å². The van der Waals surface area contributed by atoms with E-state index in [4.69, 9.17) is 11.6 Å². The Morgan fingerprint density at radius 2 is 1.65 bits per heavy atom. The summed E-state index contributed by atoms with van der Waals surface area (Å²) < 4.78 is 14.2. The third-order valence-electron chi connectivity index (χ3n) is 4.08. The lowest BCUT2D eigenvalue weighted by Crippen LogP contribution is -2.04. The van der Waals surface area contributed by atoms with E-state index in [9.17, 15) is 4.39 Å². The number of hydrogen-bond donors (Lipinski definition) is 1. The number of nitrogens with one attached hydrogen (secondary N) is 1. The van der Waals surface area contributed by atoms with Crippen molar-refractivity contribution < 1.29 is 4.39 Å². The molecule has 5 heteroatoms. The molecule has 3 nitrogen and oxygen atoms in total. The molecule has 128 valence electrons. The van der Waals surface area contributed by atoms with E-state index in [0.29, 0.717) is 34.3 Å². The molecular weight excluding hydrogens is 349 g/mol. The molecule has 0 aliphatic carbocycles. The van der Waals surface area contributed by atoms with Crippen LogP contribution in [0.25, 0.3) is 22.3 Å². The normalized spacial score (nSPS) is 10.8. The van der Waals surface area contributed by atoms with Crippen molar-refractivity contribution in [3.8, 4) is 11.4 Å². The zero-order chi connectivity index (χ0) is 17.9. The molecule has 0 bridgehead atoms. The highest BCUT2D eigenvalue weighted by atomic mass is 35.5. The summed E-state index contributed by atoms with van der Waals surface area (Å²) in [5.41, 5.74) is 2.19. The molecule has 3 aromatic carbocycles. The first-order valence-electron chi connectivity index (χ1n) is 8.21. The molecule has 1 heterocycles. The summed E-state index contributed by atoms with van der Waals surface area (Å²) >= 11 is 6.15. The van der Waals surface area contributed by atoms with Gasteiger partial charge in [0.05, 0.1) is 11.1 Å². The predicted molar refractivity (Wildman–Crippen MR) is 104 cm³/mol. The van der Waals surface area contributed by atoms with Gasteiger partial charge in [-0.3, -0.25) is 0 Å². The molecule has 1 aromatic heterocycles. The first kappa shape index (κ1) is 16.5. The minimum atomic E-state index is -0.352. The molecule has 0 saturated carbocycles. The van der Waals surface area contributed by atoms with Gasteiger partial charge in [-0.15, -0.1) is 0 Å². The minimum absolute atomic E-state index is 0.341. The highest BCUT2D eigenvalue weighted by molar-refractivity contribution is 6.31. The van der Waals surface area contributed by atoms with Crippen molar-refractivity contribution in [3.05, 3.63) is 89.2 Å². The number of fused-ring (bicyclic) bond motifs is 1. The second-order valence-electron chi connectivity index (χ2n) is 5.88. The topological polar surface area (TPSA) is 37.8 Å². The standard InChI is InChI=1S/C21H15ClFN3/c22-15-10-11-19-17(12-15)20(24-13-14-6-2-1-3-7-14)26-21(25-19)16-8-4-5-9-18(16)23/h1-12H,13H2,(H,24,25,26). The van der Waals surface area contributed by atoms with Crippen LogP contribution in [0.1, 0.15) is 5.56 Å². The highest BCUT2D eigenvalue weighted by Gasteiger charge is 2.13. The fraction of sp³-hybridized carbons (Fsp3) is 0.0476. The average molecular weight is 364 g/mol. The van der Waals surface area contributed by atoms with Gasteiger partial charge >= 0.3 is 0 Å². The molecule has 0 atom stereocenters. The first-order valence-corrected chi connectivity index (χ1v) is 8.58. The molecule has 0 unspecified atom stereocenters. The average Bonchev–Trinajstić information content (AvgIpc) is 2.67. The number of rotatable bonds is 4. The Morgan fingerprint density at radius 3 is 2.46 bits per heavy atom. The van der Waals surface area contributed by atoms with Gasteiger partial charge in [-0.05, 0) is 35.9 Å². The zero-order valence-corrected chi connectivity index (χ0v) is 14.5. The van der Waals surface area contributed by atoms with Crippen LogP contribution in [-0.2, 0) is 6.54 Å². The Kier molecular flexibility index (Phi) is 4.50. The lowest BCUT2D eigenvalue weighted by atomic mass is 10.1. The van der Waals surface area contributed by atoms with E-state index in [2.05, 4.69) is 15.3 Å². The summed E-state index contributed by atoms with van der Waals surface area (Å²) in [6.45, 7) is 0.593. The molecule has 0 aliphatic heterocycles. The third-order valence-corrected chi connectivity index (χ3v) is 4.31. The Morgan fingerprint density at radius 1 is 0.885 bits per heavy atom. The smallest absolute Gasteiger partial charge is 0.165 e. The number of nitrogens with zero attached hydrogens (tertiary/aromatic N) is 2. The predicted octanol–water partition coefficient (Wildman–Crippen LogP) is 5.70. The van der Waals surface area contributed by atoms with Crippen molar-refractivity contribution in [3.63, 3.8) is 0 Å². The van der Waals surface area contributed by atoms with Crippen LogP contribution in [0, 0.1) is 5.82 Å². The van der Waals surface area contributed by atoms with Crippen molar-refractivity contribution in [1.82, 2.24) is 9.97 Å². The number of benzene rings is 3. The largest absolute Gasteiger partial charge is 0.365 e. The summed E-state index contributed by atoms with van der Waals surface area (Å²) in [4.78, 5) is 9.08. The molecule has 0 aliphatic rings. The summed E-state index contributed by atoms with van der Waals surface area (Å²) in [7, 11) is 0. The van der Waals surface area contributed by atoms with Crippen LogP contribution < -0.4 is 5.32 Å². The Hall–Kier alpha value is -2.98. The summed E-state index contributed by atoms with van der Waals surface area (Å²) in [6.07, 6.45) is 0. The maximum absolute atomic E-state index is 14.2. The van der Waals surface area contributed by atoms with Gasteiger partial charge in [0.2, 0.25) is 0 Å². The van der Waals surface area contributed by atoms with Crippen molar-refractivity contribution in [2.45, 2.75) is 6.54 Å². The van der Waals surface area contributed by atoms with Crippen LogP contribution in [0.15, 0.2) is 72.8 Å². The van der Waals surface area contributed by atoms with Crippen molar-refractivity contribution in [2.75, 3.05) is 5.32 Å². The van der Waals surface area contributed by atoms with E-state index in [1.807, 2.05) is 42.5 Å². The third kappa shape index (κ3) is 3.37. The fourth-order valence-corrected chi connectivity index (χ4v) is 2.95. The zero-order valence-electron chi connectivity index (χ0n) is 13.8. The van der Waals surface area contributed by atoms with E-state index in [-0.39, 0.29) is 5.82 Å². The monoisotopic (exact) mass is 363 g/mol. The second-order valence-corrected chi connectivity index (χ2v) is 6.31.